The molecule has 0 saturated heterocycles. The van der Waals surface area contributed by atoms with E-state index in [9.17, 15) is 4.79 Å². The minimum atomic E-state index is -1.98. The van der Waals surface area contributed by atoms with E-state index >= 15 is 0 Å². The summed E-state index contributed by atoms with van der Waals surface area (Å²) in [5, 5.41) is 1.21. The molecule has 0 saturated carbocycles. The second-order valence-electron chi connectivity index (χ2n) is 3.76. The number of ketones is 1. The minimum absolute atomic E-state index is 0.363. The van der Waals surface area contributed by atoms with Gasteiger partial charge in [0, 0.05) is 21.1 Å². The first-order valence-electron chi connectivity index (χ1n) is 4.80. The first-order chi connectivity index (χ1) is 8.21. The largest absolute Gasteiger partial charge is 0.358 e. The number of fused-ring (bicyclic) bond motifs is 1. The predicted octanol–water partition coefficient (Wildman–Crippen LogP) is 5.45. The number of hydrogen-bond acceptors (Lipinski definition) is 1. The zero-order chi connectivity index (χ0) is 13.7. The summed E-state index contributed by atoms with van der Waals surface area (Å²) in [6.45, 7) is 1.74. The summed E-state index contributed by atoms with van der Waals surface area (Å²) < 4.78 is -1.31. The lowest BCUT2D eigenvalue weighted by molar-refractivity contribution is 0.0997. The molecule has 0 aliphatic carbocycles. The minimum Gasteiger partial charge on any atom is -0.358 e. The van der Waals surface area contributed by atoms with E-state index in [1.165, 1.54) is 0 Å². The van der Waals surface area contributed by atoms with E-state index in [1.54, 1.807) is 19.1 Å². The van der Waals surface area contributed by atoms with Crippen LogP contribution in [-0.2, 0) is 0 Å². The number of carbonyl (C=O) groups excluding carboxylic acids is 1. The highest BCUT2D eigenvalue weighted by Gasteiger charge is 2.34. The molecule has 1 N–H and O–H groups in total. The van der Waals surface area contributed by atoms with Gasteiger partial charge >= 0.3 is 0 Å². The van der Waals surface area contributed by atoms with Crippen molar-refractivity contribution in [2.75, 3.05) is 0 Å². The molecule has 0 fully saturated rings. The molecule has 0 atom stereocenters. The number of aromatic nitrogens is 1. The summed E-state index contributed by atoms with van der Waals surface area (Å²) in [5.41, 5.74) is 1.72. The number of benzene rings is 1. The maximum absolute atomic E-state index is 12.1. The number of aryl methyl sites for hydroxylation is 1. The third-order valence-corrected chi connectivity index (χ3v) is 4.22. The molecule has 1 aromatic heterocycles. The molecule has 1 aromatic carbocycles. The third kappa shape index (κ3) is 2.52. The van der Waals surface area contributed by atoms with Gasteiger partial charge < -0.3 is 4.98 Å². The van der Waals surface area contributed by atoms with Crippen LogP contribution >= 0.6 is 62.3 Å². The van der Waals surface area contributed by atoms with Gasteiger partial charge in [-0.05, 0) is 35.0 Å². The van der Waals surface area contributed by atoms with Crippen molar-refractivity contribution in [3.63, 3.8) is 0 Å². The smallest absolute Gasteiger partial charge is 0.253 e. The number of carbonyl (C=O) groups is 1. The van der Waals surface area contributed by atoms with Crippen LogP contribution in [0, 0.1) is 6.92 Å². The van der Waals surface area contributed by atoms with Gasteiger partial charge in [0.05, 0.1) is 10.6 Å². The first-order valence-corrected chi connectivity index (χ1v) is 7.11. The summed E-state index contributed by atoms with van der Waals surface area (Å²) in [5.74, 6) is -0.564. The van der Waals surface area contributed by atoms with E-state index in [-0.39, 0.29) is 0 Å². The van der Waals surface area contributed by atoms with Crippen LogP contribution in [0.4, 0.5) is 0 Å². The van der Waals surface area contributed by atoms with Gasteiger partial charge in [0.15, 0.2) is 0 Å². The van der Waals surface area contributed by atoms with Crippen molar-refractivity contribution in [3.8, 4) is 0 Å². The number of aromatic amines is 1. The number of hydrogen-bond donors (Lipinski definition) is 1. The lowest BCUT2D eigenvalue weighted by atomic mass is 10.1. The Morgan fingerprint density at radius 2 is 1.94 bits per heavy atom. The van der Waals surface area contributed by atoms with Gasteiger partial charge in [-0.1, -0.05) is 46.4 Å². The van der Waals surface area contributed by atoms with Gasteiger partial charge in [-0.3, -0.25) is 4.79 Å². The van der Waals surface area contributed by atoms with Crippen LogP contribution < -0.4 is 0 Å². The number of halogens is 5. The predicted molar refractivity (Wildman–Crippen MR) is 80.4 cm³/mol. The highest BCUT2D eigenvalue weighted by Crippen LogP contribution is 2.37. The average Bonchev–Trinajstić information content (AvgIpc) is 2.52. The van der Waals surface area contributed by atoms with Gasteiger partial charge in [-0.25, -0.2) is 0 Å². The standard InChI is InChI=1S/C11H6BrCl4NO/c1-4-9(10(18)11(14,15)16)5-2-6(12)7(13)3-8(5)17-4/h2-3,17H,1H3. The lowest BCUT2D eigenvalue weighted by Gasteiger charge is -2.09. The fourth-order valence-corrected chi connectivity index (χ4v) is 2.55. The molecule has 0 unspecified atom stereocenters. The third-order valence-electron chi connectivity index (χ3n) is 2.51. The van der Waals surface area contributed by atoms with Crippen LogP contribution in [0.5, 0.6) is 0 Å². The topological polar surface area (TPSA) is 32.9 Å². The van der Waals surface area contributed by atoms with Crippen molar-refractivity contribution in [2.24, 2.45) is 0 Å². The highest BCUT2D eigenvalue weighted by molar-refractivity contribution is 9.10. The van der Waals surface area contributed by atoms with Crippen molar-refractivity contribution in [3.05, 3.63) is 32.9 Å². The molecule has 96 valence electrons. The highest BCUT2D eigenvalue weighted by atomic mass is 79.9. The van der Waals surface area contributed by atoms with Crippen molar-refractivity contribution in [1.82, 2.24) is 4.98 Å². The number of H-pyrrole nitrogens is 1. The van der Waals surface area contributed by atoms with Crippen molar-refractivity contribution >= 4 is 79.0 Å². The van der Waals surface area contributed by atoms with Gasteiger partial charge in [0.1, 0.15) is 0 Å². The van der Waals surface area contributed by atoms with Crippen LogP contribution in [0.25, 0.3) is 10.9 Å². The average molecular weight is 390 g/mol. The number of rotatable bonds is 1. The molecular weight excluding hydrogens is 384 g/mol. The fourth-order valence-electron chi connectivity index (χ4n) is 1.76. The zero-order valence-corrected chi connectivity index (χ0v) is 13.6. The summed E-state index contributed by atoms with van der Waals surface area (Å²) in [6, 6.07) is 3.44. The van der Waals surface area contributed by atoms with Gasteiger partial charge in [-0.15, -0.1) is 0 Å². The van der Waals surface area contributed by atoms with Crippen molar-refractivity contribution in [1.29, 1.82) is 0 Å². The van der Waals surface area contributed by atoms with Crippen LogP contribution in [-0.4, -0.2) is 14.6 Å². The Labute approximate surface area is 132 Å². The Hall–Kier alpha value is 0.0700. The number of nitrogens with one attached hydrogen (secondary N) is 1. The first kappa shape index (κ1) is 14.5. The zero-order valence-electron chi connectivity index (χ0n) is 8.95. The molecule has 2 rings (SSSR count). The summed E-state index contributed by atoms with van der Waals surface area (Å²) >= 11 is 26.2. The molecule has 1 heterocycles. The van der Waals surface area contributed by atoms with Crippen molar-refractivity contribution < 1.29 is 4.79 Å². The number of Topliss-reactive ketones (excluding diaryl/α,β-unsaturated/α-hetero) is 1. The molecule has 0 radical (unpaired) electrons. The second kappa shape index (κ2) is 4.88. The van der Waals surface area contributed by atoms with E-state index in [0.29, 0.717) is 26.1 Å². The molecule has 18 heavy (non-hydrogen) atoms. The quantitative estimate of drug-likeness (QED) is 0.511. The van der Waals surface area contributed by atoms with E-state index in [2.05, 4.69) is 20.9 Å². The normalized spacial score (nSPS) is 12.1. The van der Waals surface area contributed by atoms with Crippen molar-refractivity contribution in [2.45, 2.75) is 10.7 Å². The lowest BCUT2D eigenvalue weighted by Crippen LogP contribution is -2.19. The van der Waals surface area contributed by atoms with Crippen LogP contribution in [0.15, 0.2) is 16.6 Å². The van der Waals surface area contributed by atoms with Gasteiger partial charge in [0.2, 0.25) is 5.78 Å². The van der Waals surface area contributed by atoms with E-state index in [1.807, 2.05) is 0 Å². The molecule has 0 spiro atoms. The van der Waals surface area contributed by atoms with Gasteiger partial charge in [-0.2, -0.15) is 0 Å². The maximum atomic E-state index is 12.1. The molecule has 0 bridgehead atoms. The Morgan fingerprint density at radius 1 is 1.33 bits per heavy atom. The Balaban J connectivity index is 2.75. The summed E-state index contributed by atoms with van der Waals surface area (Å²) in [6.07, 6.45) is 0. The number of alkyl halides is 3. The molecule has 2 aromatic rings. The Kier molecular flexibility index (Phi) is 3.92. The second-order valence-corrected chi connectivity index (χ2v) is 7.31. The van der Waals surface area contributed by atoms with Gasteiger partial charge in [0.25, 0.3) is 3.79 Å². The van der Waals surface area contributed by atoms with E-state index < -0.39 is 9.58 Å². The molecular formula is C11H6BrCl4NO. The molecule has 7 heteroatoms. The Morgan fingerprint density at radius 3 is 2.50 bits per heavy atom. The fraction of sp³-hybridized carbons (Fsp3) is 0.182. The van der Waals surface area contributed by atoms with Crippen LogP contribution in [0.2, 0.25) is 5.02 Å². The van der Waals surface area contributed by atoms with E-state index in [4.69, 9.17) is 46.4 Å². The Bertz CT molecular complexity index is 645. The van der Waals surface area contributed by atoms with Crippen LogP contribution in [0.1, 0.15) is 16.1 Å². The molecule has 2 nitrogen and oxygen atoms in total. The summed E-state index contributed by atoms with van der Waals surface area (Å²) in [4.78, 5) is 15.1. The monoisotopic (exact) mass is 387 g/mol. The van der Waals surface area contributed by atoms with E-state index in [0.717, 1.165) is 5.52 Å². The molecule has 0 aliphatic rings. The summed E-state index contributed by atoms with van der Waals surface area (Å²) in [7, 11) is 0. The SMILES string of the molecule is Cc1[nH]c2cc(Cl)c(Br)cc2c1C(=O)C(Cl)(Cl)Cl. The van der Waals surface area contributed by atoms with Crippen LogP contribution in [0.3, 0.4) is 0 Å². The molecule has 0 aliphatic heterocycles. The molecule has 0 amide bonds. The maximum Gasteiger partial charge on any atom is 0.253 e.